The predicted molar refractivity (Wildman–Crippen MR) is 84.1 cm³/mol. The Morgan fingerprint density at radius 2 is 1.82 bits per heavy atom. The van der Waals surface area contributed by atoms with Crippen LogP contribution in [0.25, 0.3) is 0 Å². The van der Waals surface area contributed by atoms with Crippen molar-refractivity contribution in [1.82, 2.24) is 0 Å². The number of hydrogen-bond acceptors (Lipinski definition) is 3. The van der Waals surface area contributed by atoms with E-state index in [1.807, 2.05) is 6.08 Å². The lowest BCUT2D eigenvalue weighted by Crippen LogP contribution is -2.53. The number of ketones is 1. The molecule has 2 unspecified atom stereocenters. The van der Waals surface area contributed by atoms with Crippen LogP contribution in [0.5, 0.6) is 0 Å². The van der Waals surface area contributed by atoms with Crippen LogP contribution in [-0.4, -0.2) is 28.2 Å². The van der Waals surface area contributed by atoms with E-state index in [2.05, 4.69) is 13.8 Å². The average Bonchev–Trinajstić information content (AvgIpc) is 2.77. The molecular formula is C19H28O3. The Bertz CT molecular complexity index is 539. The van der Waals surface area contributed by atoms with Crippen molar-refractivity contribution in [2.75, 3.05) is 0 Å². The molecule has 3 fully saturated rings. The van der Waals surface area contributed by atoms with Gasteiger partial charge in [0.25, 0.3) is 0 Å². The first-order valence-electron chi connectivity index (χ1n) is 8.98. The van der Waals surface area contributed by atoms with Crippen molar-refractivity contribution in [3.63, 3.8) is 0 Å². The fourth-order valence-corrected chi connectivity index (χ4v) is 6.50. The zero-order valence-corrected chi connectivity index (χ0v) is 13.7. The number of rotatable bonds is 0. The fraction of sp³-hybridized carbons (Fsp3) is 0.842. The van der Waals surface area contributed by atoms with Crippen molar-refractivity contribution in [2.45, 2.75) is 71.0 Å². The lowest BCUT2D eigenvalue weighted by atomic mass is 9.47. The molecule has 0 spiro atoms. The molecule has 4 aliphatic rings. The van der Waals surface area contributed by atoms with Crippen LogP contribution in [-0.2, 0) is 4.79 Å². The second-order valence-electron chi connectivity index (χ2n) is 8.75. The number of fused-ring (bicyclic) bond motifs is 5. The molecule has 3 nitrogen and oxygen atoms in total. The van der Waals surface area contributed by atoms with Gasteiger partial charge in [-0.1, -0.05) is 13.8 Å². The van der Waals surface area contributed by atoms with Crippen molar-refractivity contribution < 1.29 is 15.0 Å². The van der Waals surface area contributed by atoms with Gasteiger partial charge in [0.2, 0.25) is 0 Å². The van der Waals surface area contributed by atoms with Gasteiger partial charge in [-0.05, 0) is 78.8 Å². The van der Waals surface area contributed by atoms with Crippen molar-refractivity contribution in [1.29, 1.82) is 0 Å². The van der Waals surface area contributed by atoms with E-state index in [4.69, 9.17) is 0 Å². The Hall–Kier alpha value is -0.670. The molecule has 0 amide bonds. The summed E-state index contributed by atoms with van der Waals surface area (Å²) in [4.78, 5) is 12.8. The number of carbonyl (C=O) groups is 1. The fourth-order valence-electron chi connectivity index (χ4n) is 6.50. The van der Waals surface area contributed by atoms with E-state index in [1.54, 1.807) is 0 Å². The molecule has 0 aromatic rings. The van der Waals surface area contributed by atoms with Gasteiger partial charge >= 0.3 is 0 Å². The molecule has 0 radical (unpaired) electrons. The Morgan fingerprint density at radius 3 is 2.59 bits per heavy atom. The number of aliphatic hydroxyl groups is 2. The SMILES string of the molecule is C[C@]12CCC(O)C=C1C(=O)C[C@@H]1[C@H]2CC[C@]2(C)C(O)CC[C@@H]12. The van der Waals surface area contributed by atoms with E-state index < -0.39 is 6.10 Å². The number of hydrogen-bond donors (Lipinski definition) is 2. The van der Waals surface area contributed by atoms with Gasteiger partial charge in [-0.2, -0.15) is 0 Å². The van der Waals surface area contributed by atoms with Crippen LogP contribution in [0.15, 0.2) is 11.6 Å². The summed E-state index contributed by atoms with van der Waals surface area (Å²) >= 11 is 0. The highest BCUT2D eigenvalue weighted by atomic mass is 16.3. The monoisotopic (exact) mass is 304 g/mol. The second-order valence-corrected chi connectivity index (χ2v) is 8.75. The van der Waals surface area contributed by atoms with Crippen LogP contribution in [0.3, 0.4) is 0 Å². The number of allylic oxidation sites excluding steroid dienone is 1. The van der Waals surface area contributed by atoms with E-state index in [0.29, 0.717) is 24.2 Å². The minimum atomic E-state index is -0.439. The average molecular weight is 304 g/mol. The summed E-state index contributed by atoms with van der Waals surface area (Å²) in [7, 11) is 0. The Labute approximate surface area is 132 Å². The van der Waals surface area contributed by atoms with E-state index in [1.165, 1.54) is 0 Å². The van der Waals surface area contributed by atoms with E-state index in [9.17, 15) is 15.0 Å². The zero-order valence-electron chi connectivity index (χ0n) is 13.7. The van der Waals surface area contributed by atoms with Gasteiger partial charge in [0.1, 0.15) is 0 Å². The topological polar surface area (TPSA) is 57.5 Å². The summed E-state index contributed by atoms with van der Waals surface area (Å²) in [6.45, 7) is 4.50. The molecule has 0 aromatic carbocycles. The maximum absolute atomic E-state index is 12.8. The first-order valence-corrected chi connectivity index (χ1v) is 8.98. The summed E-state index contributed by atoms with van der Waals surface area (Å²) in [5.41, 5.74) is 0.885. The van der Waals surface area contributed by atoms with Crippen LogP contribution in [0.2, 0.25) is 0 Å². The summed E-state index contributed by atoms with van der Waals surface area (Å²) in [5.74, 6) is 1.73. The van der Waals surface area contributed by atoms with Gasteiger partial charge in [0.05, 0.1) is 12.2 Å². The van der Waals surface area contributed by atoms with Crippen LogP contribution < -0.4 is 0 Å². The molecule has 7 atom stereocenters. The highest BCUT2D eigenvalue weighted by molar-refractivity contribution is 5.98. The lowest BCUT2D eigenvalue weighted by molar-refractivity contribution is -0.131. The number of Topliss-reactive ketones (excluding diaryl/α,β-unsaturated/α-hetero) is 1. The molecule has 0 aliphatic heterocycles. The van der Waals surface area contributed by atoms with E-state index >= 15 is 0 Å². The Balaban J connectivity index is 1.73. The standard InChI is InChI=1S/C19H28O3/c1-18-7-5-11(20)9-15(18)16(21)10-12-13-3-4-17(22)19(13,2)8-6-14(12)18/h9,11-14,17,20,22H,3-8,10H2,1-2H3/t11?,12-,13-,14+,17?,18+,19-/m0/s1. The zero-order chi connectivity index (χ0) is 15.7. The normalized spacial score (nSPS) is 54.3. The molecule has 3 saturated carbocycles. The predicted octanol–water partition coefficient (Wildman–Crippen LogP) is 2.85. The van der Waals surface area contributed by atoms with E-state index in [0.717, 1.165) is 44.1 Å². The van der Waals surface area contributed by atoms with Crippen LogP contribution in [0.4, 0.5) is 0 Å². The van der Waals surface area contributed by atoms with Crippen LogP contribution >= 0.6 is 0 Å². The quantitative estimate of drug-likeness (QED) is 0.723. The highest BCUT2D eigenvalue weighted by Crippen LogP contribution is 2.64. The number of aliphatic hydroxyl groups excluding tert-OH is 2. The highest BCUT2D eigenvalue weighted by Gasteiger charge is 2.60. The molecule has 0 heterocycles. The third-order valence-corrected chi connectivity index (χ3v) is 7.86. The third kappa shape index (κ3) is 1.78. The first kappa shape index (κ1) is 14.9. The first-order chi connectivity index (χ1) is 10.4. The largest absolute Gasteiger partial charge is 0.393 e. The van der Waals surface area contributed by atoms with Crippen molar-refractivity contribution >= 4 is 5.78 Å². The Morgan fingerprint density at radius 1 is 1.05 bits per heavy atom. The molecule has 122 valence electrons. The summed E-state index contributed by atoms with van der Waals surface area (Å²) in [5, 5.41) is 20.4. The summed E-state index contributed by atoms with van der Waals surface area (Å²) in [6, 6.07) is 0. The molecule has 2 N–H and O–H groups in total. The van der Waals surface area contributed by atoms with Crippen LogP contribution in [0, 0.1) is 28.6 Å². The second kappa shape index (κ2) is 4.67. The third-order valence-electron chi connectivity index (χ3n) is 7.86. The lowest BCUT2D eigenvalue weighted by Gasteiger charge is -2.57. The van der Waals surface area contributed by atoms with Crippen molar-refractivity contribution in [2.24, 2.45) is 28.6 Å². The summed E-state index contributed by atoms with van der Waals surface area (Å²) in [6.07, 6.45) is 7.73. The molecular weight excluding hydrogens is 276 g/mol. The van der Waals surface area contributed by atoms with Crippen molar-refractivity contribution in [3.05, 3.63) is 11.6 Å². The van der Waals surface area contributed by atoms with Crippen molar-refractivity contribution in [3.8, 4) is 0 Å². The van der Waals surface area contributed by atoms with Gasteiger partial charge in [0, 0.05) is 6.42 Å². The summed E-state index contributed by atoms with van der Waals surface area (Å²) < 4.78 is 0. The minimum Gasteiger partial charge on any atom is -0.393 e. The molecule has 4 aliphatic carbocycles. The molecule has 0 bridgehead atoms. The molecule has 22 heavy (non-hydrogen) atoms. The molecule has 0 saturated heterocycles. The Kier molecular flexibility index (Phi) is 3.16. The van der Waals surface area contributed by atoms with Crippen LogP contribution in [0.1, 0.15) is 58.8 Å². The van der Waals surface area contributed by atoms with Gasteiger partial charge < -0.3 is 10.2 Å². The maximum Gasteiger partial charge on any atom is 0.159 e. The molecule has 3 heteroatoms. The maximum atomic E-state index is 12.8. The smallest absolute Gasteiger partial charge is 0.159 e. The number of carbonyl (C=O) groups excluding carboxylic acids is 1. The molecule has 0 aromatic heterocycles. The van der Waals surface area contributed by atoms with Gasteiger partial charge in [0.15, 0.2) is 5.78 Å². The van der Waals surface area contributed by atoms with E-state index in [-0.39, 0.29) is 22.7 Å². The van der Waals surface area contributed by atoms with Gasteiger partial charge in [-0.15, -0.1) is 0 Å². The molecule has 4 rings (SSSR count). The van der Waals surface area contributed by atoms with Gasteiger partial charge in [-0.3, -0.25) is 4.79 Å². The van der Waals surface area contributed by atoms with Gasteiger partial charge in [-0.25, -0.2) is 0 Å². The minimum absolute atomic E-state index is 0.0210.